The fourth-order valence-corrected chi connectivity index (χ4v) is 5.84. The predicted molar refractivity (Wildman–Crippen MR) is 151 cm³/mol. The van der Waals surface area contributed by atoms with Gasteiger partial charge in [-0.05, 0) is 57.6 Å². The first-order chi connectivity index (χ1) is 18.4. The van der Waals surface area contributed by atoms with Gasteiger partial charge in [-0.25, -0.2) is 4.98 Å². The largest absolute Gasteiger partial charge is 0.503 e. The summed E-state index contributed by atoms with van der Waals surface area (Å²) in [6.07, 6.45) is 0.730. The van der Waals surface area contributed by atoms with Gasteiger partial charge in [-0.1, -0.05) is 56.3 Å². The Labute approximate surface area is 228 Å². The number of ketones is 1. The van der Waals surface area contributed by atoms with Crippen LogP contribution in [-0.4, -0.2) is 64.4 Å². The third-order valence-corrected chi connectivity index (χ3v) is 8.05. The molecule has 2 aromatic carbocycles. The summed E-state index contributed by atoms with van der Waals surface area (Å²) in [5.41, 5.74) is 2.36. The van der Waals surface area contributed by atoms with Crippen LogP contribution in [0.2, 0.25) is 0 Å². The number of hydrogen-bond acceptors (Lipinski definition) is 7. The molecule has 1 atom stereocenters. The van der Waals surface area contributed by atoms with Crippen molar-refractivity contribution in [2.24, 2.45) is 0 Å². The maximum Gasteiger partial charge on any atom is 0.290 e. The lowest BCUT2D eigenvalue weighted by Crippen LogP contribution is -2.34. The molecule has 2 heterocycles. The number of carbonyl (C=O) groups excluding carboxylic acids is 2. The van der Waals surface area contributed by atoms with Crippen LogP contribution in [0, 0.1) is 6.92 Å². The minimum absolute atomic E-state index is 0.105. The number of thiazole rings is 1. The second-order valence-corrected chi connectivity index (χ2v) is 10.2. The first kappa shape index (κ1) is 27.5. The van der Waals surface area contributed by atoms with Crippen LogP contribution in [0.5, 0.6) is 5.75 Å². The van der Waals surface area contributed by atoms with Gasteiger partial charge in [-0.2, -0.15) is 0 Å². The van der Waals surface area contributed by atoms with E-state index in [1.807, 2.05) is 61.5 Å². The Morgan fingerprint density at radius 1 is 1.08 bits per heavy atom. The van der Waals surface area contributed by atoms with E-state index in [0.717, 1.165) is 42.2 Å². The molecule has 7 nitrogen and oxygen atoms in total. The zero-order chi connectivity index (χ0) is 27.2. The maximum absolute atomic E-state index is 14.0. The van der Waals surface area contributed by atoms with Gasteiger partial charge in [0.2, 0.25) is 5.78 Å². The summed E-state index contributed by atoms with van der Waals surface area (Å²) >= 11 is 1.28. The number of aliphatic hydroxyl groups is 1. The van der Waals surface area contributed by atoms with E-state index >= 15 is 0 Å². The molecule has 1 aromatic heterocycles. The Kier molecular flexibility index (Phi) is 8.97. The highest BCUT2D eigenvalue weighted by Gasteiger charge is 2.44. The zero-order valence-electron chi connectivity index (χ0n) is 22.4. The van der Waals surface area contributed by atoms with Gasteiger partial charge in [0.1, 0.15) is 10.8 Å². The van der Waals surface area contributed by atoms with Crippen molar-refractivity contribution in [3.8, 4) is 16.3 Å². The van der Waals surface area contributed by atoms with E-state index in [1.165, 1.54) is 11.3 Å². The van der Waals surface area contributed by atoms with Gasteiger partial charge in [0.25, 0.3) is 5.91 Å². The topological polar surface area (TPSA) is 83.0 Å². The van der Waals surface area contributed by atoms with Gasteiger partial charge in [-0.3, -0.25) is 9.59 Å². The lowest BCUT2D eigenvalue weighted by Gasteiger charge is -2.28. The number of benzene rings is 2. The van der Waals surface area contributed by atoms with Crippen LogP contribution in [0.25, 0.3) is 10.6 Å². The lowest BCUT2D eigenvalue weighted by molar-refractivity contribution is -0.129. The molecule has 8 heteroatoms. The summed E-state index contributed by atoms with van der Waals surface area (Å²) in [7, 11) is 0. The molecule has 4 rings (SSSR count). The summed E-state index contributed by atoms with van der Waals surface area (Å²) in [6.45, 7) is 11.6. The second-order valence-electron chi connectivity index (χ2n) is 9.17. The fourth-order valence-electron chi connectivity index (χ4n) is 4.81. The predicted octanol–water partition coefficient (Wildman–Crippen LogP) is 5.83. The standard InChI is InChI=1S/C30H35N3O4S/c1-5-32(6-2)18-11-19-33-25(21-14-16-23(17-15-21)37-7-3)24(27(35)30(33)36)26(34)28-20(4)31-29(38-28)22-12-9-8-10-13-22/h8-10,12-17,25,35H,5-7,11,18-19H2,1-4H3. The van der Waals surface area contributed by atoms with E-state index in [9.17, 15) is 14.7 Å². The van der Waals surface area contributed by atoms with E-state index < -0.39 is 17.7 Å². The molecule has 1 N–H and O–H groups in total. The molecule has 200 valence electrons. The van der Waals surface area contributed by atoms with E-state index in [1.54, 1.807) is 11.8 Å². The average Bonchev–Trinajstić information content (AvgIpc) is 3.45. The van der Waals surface area contributed by atoms with Crippen LogP contribution < -0.4 is 4.74 Å². The van der Waals surface area contributed by atoms with Crippen LogP contribution in [0.1, 0.15) is 54.2 Å². The van der Waals surface area contributed by atoms with Crippen molar-refractivity contribution in [3.63, 3.8) is 0 Å². The van der Waals surface area contributed by atoms with Crippen molar-refractivity contribution in [2.45, 2.75) is 40.2 Å². The molecule has 1 amide bonds. The van der Waals surface area contributed by atoms with E-state index in [0.29, 0.717) is 29.5 Å². The average molecular weight is 534 g/mol. The number of carbonyl (C=O) groups is 2. The molecule has 1 aliphatic rings. The molecule has 0 spiro atoms. The first-order valence-electron chi connectivity index (χ1n) is 13.2. The van der Waals surface area contributed by atoms with E-state index in [2.05, 4.69) is 23.7 Å². The third kappa shape index (κ3) is 5.66. The Morgan fingerprint density at radius 2 is 1.76 bits per heavy atom. The minimum atomic E-state index is -0.691. The van der Waals surface area contributed by atoms with Gasteiger partial charge < -0.3 is 19.6 Å². The molecule has 0 saturated heterocycles. The number of nitrogens with zero attached hydrogens (tertiary/aromatic N) is 3. The smallest absolute Gasteiger partial charge is 0.290 e. The number of hydrogen-bond donors (Lipinski definition) is 1. The highest BCUT2D eigenvalue weighted by molar-refractivity contribution is 7.17. The summed E-state index contributed by atoms with van der Waals surface area (Å²) in [5, 5.41) is 11.8. The second kappa shape index (κ2) is 12.4. The van der Waals surface area contributed by atoms with Crippen molar-refractivity contribution in [3.05, 3.63) is 82.1 Å². The van der Waals surface area contributed by atoms with Crippen LogP contribution in [0.3, 0.4) is 0 Å². The van der Waals surface area contributed by atoms with Crippen molar-refractivity contribution in [1.29, 1.82) is 0 Å². The quantitative estimate of drug-likeness (QED) is 0.295. The van der Waals surface area contributed by atoms with Crippen molar-refractivity contribution in [2.75, 3.05) is 32.8 Å². The molecule has 1 unspecified atom stereocenters. The number of amides is 1. The van der Waals surface area contributed by atoms with Crippen molar-refractivity contribution < 1.29 is 19.4 Å². The molecule has 0 bridgehead atoms. The Bertz CT molecular complexity index is 1300. The lowest BCUT2D eigenvalue weighted by atomic mass is 9.95. The van der Waals surface area contributed by atoms with Crippen LogP contribution in [0.4, 0.5) is 0 Å². The summed E-state index contributed by atoms with van der Waals surface area (Å²) in [4.78, 5) is 36.3. The van der Waals surface area contributed by atoms with Crippen molar-refractivity contribution >= 4 is 23.0 Å². The Hall–Kier alpha value is -3.49. The molecule has 0 saturated carbocycles. The highest BCUT2D eigenvalue weighted by Crippen LogP contribution is 2.41. The Morgan fingerprint density at radius 3 is 2.39 bits per heavy atom. The minimum Gasteiger partial charge on any atom is -0.503 e. The third-order valence-electron chi connectivity index (χ3n) is 6.85. The molecule has 0 aliphatic carbocycles. The van der Waals surface area contributed by atoms with Gasteiger partial charge in [0, 0.05) is 12.1 Å². The van der Waals surface area contributed by atoms with Crippen LogP contribution in [-0.2, 0) is 4.79 Å². The Balaban J connectivity index is 1.70. The zero-order valence-corrected chi connectivity index (χ0v) is 23.3. The number of aliphatic hydroxyl groups excluding tert-OH is 1. The summed E-state index contributed by atoms with van der Waals surface area (Å²) in [5.74, 6) is -0.651. The number of aromatic nitrogens is 1. The molecule has 3 aromatic rings. The number of ether oxygens (including phenoxy) is 1. The van der Waals surface area contributed by atoms with Crippen LogP contribution >= 0.6 is 11.3 Å². The fraction of sp³-hybridized carbons (Fsp3) is 0.367. The number of Topliss-reactive ketones (excluding diaryl/α,β-unsaturated/α-hetero) is 1. The number of rotatable bonds is 12. The van der Waals surface area contributed by atoms with E-state index in [4.69, 9.17) is 4.74 Å². The molecule has 0 fully saturated rings. The van der Waals surface area contributed by atoms with Gasteiger partial charge >= 0.3 is 0 Å². The SMILES string of the molecule is CCOc1ccc(C2C(C(=O)c3sc(-c4ccccc4)nc3C)=C(O)C(=O)N2CCCN(CC)CC)cc1. The first-order valence-corrected chi connectivity index (χ1v) is 14.0. The maximum atomic E-state index is 14.0. The molecule has 38 heavy (non-hydrogen) atoms. The van der Waals surface area contributed by atoms with Crippen LogP contribution in [0.15, 0.2) is 65.9 Å². The number of aryl methyl sites for hydroxylation is 1. The molecular formula is C30H35N3O4S. The normalized spacial score (nSPS) is 15.6. The molecule has 1 aliphatic heterocycles. The van der Waals surface area contributed by atoms with Gasteiger partial charge in [-0.15, -0.1) is 11.3 Å². The van der Waals surface area contributed by atoms with Gasteiger partial charge in [0.15, 0.2) is 5.76 Å². The summed E-state index contributed by atoms with van der Waals surface area (Å²) < 4.78 is 5.59. The van der Waals surface area contributed by atoms with E-state index in [-0.39, 0.29) is 11.4 Å². The highest BCUT2D eigenvalue weighted by atomic mass is 32.1. The molecule has 0 radical (unpaired) electrons. The molecular weight excluding hydrogens is 498 g/mol. The van der Waals surface area contributed by atoms with Crippen molar-refractivity contribution in [1.82, 2.24) is 14.8 Å². The summed E-state index contributed by atoms with van der Waals surface area (Å²) in [6, 6.07) is 16.4. The van der Waals surface area contributed by atoms with Gasteiger partial charge in [0.05, 0.1) is 28.8 Å². The monoisotopic (exact) mass is 533 g/mol.